The molecule has 0 spiro atoms. The molecule has 2 fully saturated rings. The van der Waals surface area contributed by atoms with Crippen molar-refractivity contribution in [3.8, 4) is 0 Å². The number of ether oxygens (including phenoxy) is 13. The number of carbonyl (C=O) groups excluding carboxylic acids is 10. The fraction of sp³-hybridized carbons (Fsp3) is 0.667. The maximum absolute atomic E-state index is 14.7. The highest BCUT2D eigenvalue weighted by Crippen LogP contribution is 2.42. The maximum atomic E-state index is 14.7. The van der Waals surface area contributed by atoms with E-state index in [1.54, 1.807) is 28.8 Å². The lowest BCUT2D eigenvalue weighted by atomic mass is 9.86. The van der Waals surface area contributed by atoms with Gasteiger partial charge < -0.3 is 72.2 Å². The molecule has 0 aliphatic carbocycles. The normalized spacial score (nSPS) is 24.7. The van der Waals surface area contributed by atoms with Gasteiger partial charge in [-0.25, -0.2) is 9.59 Å². The van der Waals surface area contributed by atoms with E-state index in [1.165, 1.54) is 12.1 Å². The van der Waals surface area contributed by atoms with E-state index >= 15 is 0 Å². The van der Waals surface area contributed by atoms with Gasteiger partial charge in [0.1, 0.15) is 37.1 Å². The monoisotopic (exact) mass is 1180 g/mol. The van der Waals surface area contributed by atoms with Crippen molar-refractivity contribution in [1.29, 1.82) is 0 Å². The van der Waals surface area contributed by atoms with Crippen LogP contribution in [-0.2, 0) is 116 Å². The van der Waals surface area contributed by atoms with Crippen LogP contribution in [0, 0.1) is 0 Å². The Bertz CT molecular complexity index is 2380. The molecule has 0 radical (unpaired) electrons. The third kappa shape index (κ3) is 19.9. The van der Waals surface area contributed by atoms with Crippen LogP contribution in [0.1, 0.15) is 59.9 Å². The highest BCUT2D eigenvalue weighted by atomic mass is 28.3. The van der Waals surface area contributed by atoms with Gasteiger partial charge in [0.2, 0.25) is 0 Å². The Balaban J connectivity index is 2.62. The number of esters is 8. The van der Waals surface area contributed by atoms with Gasteiger partial charge in [-0.3, -0.25) is 38.4 Å². The van der Waals surface area contributed by atoms with Crippen molar-refractivity contribution < 1.29 is 136 Å². The summed E-state index contributed by atoms with van der Waals surface area (Å²) in [4.78, 5) is 132. The quantitative estimate of drug-likeness (QED) is 0.0615. The van der Waals surface area contributed by atoms with Gasteiger partial charge in [0.25, 0.3) is 11.6 Å². The summed E-state index contributed by atoms with van der Waals surface area (Å²) >= 11 is 0. The summed E-state index contributed by atoms with van der Waals surface area (Å²) < 4.78 is 159. The molecule has 1 aromatic rings. The fourth-order valence-electron chi connectivity index (χ4n) is 8.29. The van der Waals surface area contributed by atoms with Crippen LogP contribution >= 0.6 is 0 Å². The standard InChI is InChI=1S/C48H64F6N2O23Si/c1-24(57)70-23-33(74-27(4)60)37(75-28(5)61)39-36(56-42(64)48(52,53)54)32(73-26(3)59)20-46(79-39,44(66)68-8)77-34(22-69-21-30-15-13-12-14-16-30)38(76-29(6)62)40-35(55-41(63)47(49,50)51)31(72-25(2)58)19-45(78-40,43(65)67-7)71-17-18-80(9,10)11/h12-16,31-40H,17-23H2,1-11H3,(H,55,63)(H,56,64)/t31-,32-,33+,34+,35+,36+,37+,38+,39+,40+,45+,46+/m0/s1. The molecule has 2 amide bonds. The van der Waals surface area contributed by atoms with Crippen LogP contribution < -0.4 is 10.6 Å². The minimum Gasteiger partial charge on any atom is -0.465 e. The Morgan fingerprint density at radius 1 is 0.613 bits per heavy atom. The second-order valence-electron chi connectivity index (χ2n) is 19.3. The van der Waals surface area contributed by atoms with Gasteiger partial charge in [-0.05, 0) is 11.6 Å². The number of halogens is 6. The summed E-state index contributed by atoms with van der Waals surface area (Å²) in [7, 11) is -0.599. The molecule has 2 heterocycles. The molecule has 80 heavy (non-hydrogen) atoms. The highest BCUT2D eigenvalue weighted by molar-refractivity contribution is 6.76. The van der Waals surface area contributed by atoms with Crippen molar-refractivity contribution in [3.05, 3.63) is 35.9 Å². The van der Waals surface area contributed by atoms with Crippen molar-refractivity contribution in [2.45, 2.75) is 172 Å². The van der Waals surface area contributed by atoms with E-state index in [-0.39, 0.29) is 12.7 Å². The molecular formula is C48H64F6N2O23Si. The van der Waals surface area contributed by atoms with Crippen LogP contribution in [0.15, 0.2) is 30.3 Å². The summed E-state index contributed by atoms with van der Waals surface area (Å²) in [5.74, 6) is -22.7. The molecule has 0 unspecified atom stereocenters. The first-order valence-corrected chi connectivity index (χ1v) is 27.9. The van der Waals surface area contributed by atoms with Crippen molar-refractivity contribution in [2.75, 3.05) is 34.0 Å². The Morgan fingerprint density at radius 3 is 1.46 bits per heavy atom. The number of nitrogens with one attached hydrogen (secondary N) is 2. The molecular weight excluding hydrogens is 1110 g/mol. The van der Waals surface area contributed by atoms with E-state index in [0.717, 1.165) is 41.7 Å². The Hall–Kier alpha value is -6.48. The van der Waals surface area contributed by atoms with Gasteiger partial charge in [-0.2, -0.15) is 26.3 Å². The minimum absolute atomic E-state index is 0.250. The molecule has 1 aromatic carbocycles. The molecule has 12 atom stereocenters. The van der Waals surface area contributed by atoms with E-state index in [2.05, 4.69) is 0 Å². The molecule has 2 aliphatic rings. The molecule has 0 aromatic heterocycles. The van der Waals surface area contributed by atoms with Gasteiger partial charge in [-0.1, -0.05) is 50.0 Å². The van der Waals surface area contributed by atoms with Gasteiger partial charge in [0.15, 0.2) is 18.3 Å². The average Bonchev–Trinajstić information content (AvgIpc) is 3.33. The Kier molecular flexibility index (Phi) is 24.4. The topological polar surface area (TPSA) is 315 Å². The summed E-state index contributed by atoms with van der Waals surface area (Å²) in [5.41, 5.74) is 0.387. The van der Waals surface area contributed by atoms with Gasteiger partial charge >= 0.3 is 71.9 Å². The second-order valence-corrected chi connectivity index (χ2v) is 24.9. The Labute approximate surface area is 454 Å². The van der Waals surface area contributed by atoms with Gasteiger partial charge in [0.05, 0.1) is 52.4 Å². The van der Waals surface area contributed by atoms with E-state index in [4.69, 9.17) is 61.6 Å². The summed E-state index contributed by atoms with van der Waals surface area (Å²) in [6.07, 6.45) is -33.2. The number of carbonyl (C=O) groups is 10. The van der Waals surface area contributed by atoms with E-state index in [9.17, 15) is 74.3 Å². The predicted molar refractivity (Wildman–Crippen MR) is 254 cm³/mol. The first-order valence-electron chi connectivity index (χ1n) is 24.2. The zero-order valence-electron chi connectivity index (χ0n) is 45.3. The van der Waals surface area contributed by atoms with Crippen LogP contribution in [-0.4, -0.2) is 187 Å². The third-order valence-corrected chi connectivity index (χ3v) is 13.2. The SMILES string of the molecule is COC(=O)[C@@]1(O[C@H](COCc2ccccc2)[C@@H](OC(C)=O)[C@@H]2O[C@@](OCC[Si](C)(C)C)(C(=O)OC)C[C@H](OC(C)=O)[C@H]2NC(=O)C(F)(F)F)C[C@H](OC(C)=O)[C@@H](NC(=O)C(F)(F)F)[C@H]([C@H](OC(C)=O)[C@@H](COC(C)=O)OC(C)=O)O1. The lowest BCUT2D eigenvalue weighted by molar-refractivity contribution is -0.348. The van der Waals surface area contributed by atoms with E-state index in [0.29, 0.717) is 19.6 Å². The van der Waals surface area contributed by atoms with Crippen LogP contribution in [0.5, 0.6) is 0 Å². The smallest absolute Gasteiger partial charge is 0.465 e. The van der Waals surface area contributed by atoms with Crippen LogP contribution in [0.25, 0.3) is 0 Å². The molecule has 0 saturated carbocycles. The largest absolute Gasteiger partial charge is 0.471 e. The maximum Gasteiger partial charge on any atom is 0.471 e. The number of benzene rings is 1. The fourth-order valence-corrected chi connectivity index (χ4v) is 9.00. The van der Waals surface area contributed by atoms with Gasteiger partial charge in [0, 0.05) is 56.2 Å². The summed E-state index contributed by atoms with van der Waals surface area (Å²) in [5, 5.41) is 3.18. The highest BCUT2D eigenvalue weighted by Gasteiger charge is 2.64. The third-order valence-electron chi connectivity index (χ3n) is 11.5. The number of amides is 2. The molecule has 32 heteroatoms. The number of hydrogen-bond donors (Lipinski definition) is 2. The molecule has 450 valence electrons. The molecule has 2 saturated heterocycles. The predicted octanol–water partition coefficient (Wildman–Crippen LogP) is 2.58. The lowest BCUT2D eigenvalue weighted by Crippen LogP contribution is -2.72. The van der Waals surface area contributed by atoms with Crippen LogP contribution in [0.2, 0.25) is 25.7 Å². The van der Waals surface area contributed by atoms with E-state index in [1.807, 2.05) is 19.6 Å². The number of rotatable bonds is 25. The first kappa shape index (κ1) is 67.8. The molecule has 2 N–H and O–H groups in total. The number of methoxy groups -OCH3 is 2. The molecule has 2 aliphatic heterocycles. The Morgan fingerprint density at radius 2 is 1.05 bits per heavy atom. The molecule has 25 nitrogen and oxygen atoms in total. The van der Waals surface area contributed by atoms with Gasteiger partial charge in [-0.15, -0.1) is 0 Å². The second kappa shape index (κ2) is 28.8. The zero-order valence-corrected chi connectivity index (χ0v) is 46.3. The average molecular weight is 1180 g/mol. The summed E-state index contributed by atoms with van der Waals surface area (Å²) in [6.45, 7) is 7.27. The number of alkyl halides is 6. The van der Waals surface area contributed by atoms with Crippen molar-refractivity contribution >= 4 is 67.6 Å². The van der Waals surface area contributed by atoms with E-state index < -0.39 is 185 Å². The van der Waals surface area contributed by atoms with Crippen LogP contribution in [0.3, 0.4) is 0 Å². The van der Waals surface area contributed by atoms with Crippen molar-refractivity contribution in [3.63, 3.8) is 0 Å². The zero-order chi connectivity index (χ0) is 60.7. The molecule has 3 rings (SSSR count). The summed E-state index contributed by atoms with van der Waals surface area (Å²) in [6, 6.07) is 3.19. The number of hydrogen-bond acceptors (Lipinski definition) is 23. The van der Waals surface area contributed by atoms with Crippen molar-refractivity contribution in [2.24, 2.45) is 0 Å². The van der Waals surface area contributed by atoms with Crippen LogP contribution in [0.4, 0.5) is 26.3 Å². The van der Waals surface area contributed by atoms with Crippen molar-refractivity contribution in [1.82, 2.24) is 10.6 Å². The first-order chi connectivity index (χ1) is 37.0. The molecule has 0 bridgehead atoms. The lowest BCUT2D eigenvalue weighted by Gasteiger charge is -2.51. The minimum atomic E-state index is -5.76.